The molecule has 1 aliphatic carbocycles. The molecule has 2 aromatic rings. The summed E-state index contributed by atoms with van der Waals surface area (Å²) in [5.41, 5.74) is 0.855. The number of aliphatic hydroxyl groups excluding tert-OH is 1. The minimum absolute atomic E-state index is 0.0929. The third-order valence-electron chi connectivity index (χ3n) is 4.93. The number of pyridine rings is 1. The van der Waals surface area contributed by atoms with E-state index in [9.17, 15) is 5.11 Å². The summed E-state index contributed by atoms with van der Waals surface area (Å²) in [5.74, 6) is 0.874. The molecule has 1 aromatic heterocycles. The molecule has 2 atom stereocenters. The van der Waals surface area contributed by atoms with E-state index in [0.29, 0.717) is 0 Å². The highest BCUT2D eigenvalue weighted by Gasteiger charge is 2.53. The van der Waals surface area contributed by atoms with Gasteiger partial charge in [-0.2, -0.15) is 0 Å². The molecule has 3 rings (SSSR count). The first kappa shape index (κ1) is 13.4. The summed E-state index contributed by atoms with van der Waals surface area (Å²) in [6, 6.07) is 9.92. The van der Waals surface area contributed by atoms with Crippen LogP contribution in [0, 0.1) is 5.41 Å². The lowest BCUT2D eigenvalue weighted by molar-refractivity contribution is -0.159. The average Bonchev–Trinajstić information content (AvgIpc) is 2.48. The summed E-state index contributed by atoms with van der Waals surface area (Å²) < 4.78 is 6.23. The molecule has 2 unspecified atom stereocenters. The van der Waals surface area contributed by atoms with Crippen LogP contribution in [0.1, 0.15) is 33.1 Å². The van der Waals surface area contributed by atoms with Crippen LogP contribution in [0.4, 0.5) is 0 Å². The molecule has 1 fully saturated rings. The van der Waals surface area contributed by atoms with E-state index < -0.39 is 0 Å². The molecular formula is C17H21NO2. The number of ether oxygens (including phenoxy) is 1. The maximum atomic E-state index is 10.1. The fourth-order valence-electron chi connectivity index (χ4n) is 3.40. The summed E-state index contributed by atoms with van der Waals surface area (Å²) >= 11 is 0. The zero-order chi connectivity index (χ0) is 14.2. The van der Waals surface area contributed by atoms with Crippen molar-refractivity contribution in [1.29, 1.82) is 0 Å². The molecule has 0 saturated heterocycles. The Bertz CT molecular complexity index is 601. The minimum atomic E-state index is -0.240. The van der Waals surface area contributed by atoms with Gasteiger partial charge in [-0.3, -0.25) is 4.98 Å². The zero-order valence-electron chi connectivity index (χ0n) is 12.0. The van der Waals surface area contributed by atoms with Crippen LogP contribution in [-0.4, -0.2) is 22.3 Å². The average molecular weight is 271 g/mol. The Balaban J connectivity index is 1.91. The summed E-state index contributed by atoms with van der Waals surface area (Å²) in [5, 5.41) is 11.2. The van der Waals surface area contributed by atoms with Crippen LogP contribution in [0.2, 0.25) is 0 Å². The number of hydrogen-bond donors (Lipinski definition) is 1. The Morgan fingerprint density at radius 2 is 2.05 bits per heavy atom. The Morgan fingerprint density at radius 1 is 1.25 bits per heavy atom. The molecule has 0 aliphatic heterocycles. The van der Waals surface area contributed by atoms with Gasteiger partial charge in [-0.15, -0.1) is 0 Å². The second kappa shape index (κ2) is 5.06. The molecule has 0 amide bonds. The Morgan fingerprint density at radius 3 is 2.75 bits per heavy atom. The van der Waals surface area contributed by atoms with Crippen LogP contribution in [0.15, 0.2) is 36.5 Å². The van der Waals surface area contributed by atoms with Gasteiger partial charge in [0.05, 0.1) is 11.6 Å². The monoisotopic (exact) mass is 271 g/mol. The van der Waals surface area contributed by atoms with E-state index in [0.717, 1.165) is 35.9 Å². The molecule has 3 heteroatoms. The standard InChI is InChI=1S/C17H21NO2/c1-3-17(4-2)15(19)11-16(17)20-14-9-5-8-13-12(14)7-6-10-18-13/h5-10,15-16,19H,3-4,11H2,1-2H3. The Hall–Kier alpha value is -1.61. The summed E-state index contributed by atoms with van der Waals surface area (Å²) in [6.07, 6.45) is 4.25. The number of nitrogens with zero attached hydrogens (tertiary/aromatic N) is 1. The van der Waals surface area contributed by atoms with E-state index in [4.69, 9.17) is 4.74 Å². The van der Waals surface area contributed by atoms with Gasteiger partial charge in [-0.25, -0.2) is 0 Å². The van der Waals surface area contributed by atoms with E-state index >= 15 is 0 Å². The highest BCUT2D eigenvalue weighted by Crippen LogP contribution is 2.49. The predicted molar refractivity (Wildman–Crippen MR) is 79.8 cm³/mol. The zero-order valence-corrected chi connectivity index (χ0v) is 12.0. The van der Waals surface area contributed by atoms with E-state index in [1.807, 2.05) is 30.3 Å². The van der Waals surface area contributed by atoms with Crippen molar-refractivity contribution in [1.82, 2.24) is 4.98 Å². The van der Waals surface area contributed by atoms with E-state index in [1.165, 1.54) is 0 Å². The minimum Gasteiger partial charge on any atom is -0.489 e. The number of benzene rings is 1. The van der Waals surface area contributed by atoms with Crippen molar-refractivity contribution in [2.45, 2.75) is 45.3 Å². The number of fused-ring (bicyclic) bond motifs is 1. The van der Waals surface area contributed by atoms with Crippen molar-refractivity contribution < 1.29 is 9.84 Å². The highest BCUT2D eigenvalue weighted by molar-refractivity contribution is 5.84. The molecule has 1 aliphatic rings. The van der Waals surface area contributed by atoms with Gasteiger partial charge >= 0.3 is 0 Å². The van der Waals surface area contributed by atoms with Crippen LogP contribution in [0.3, 0.4) is 0 Å². The first-order valence-corrected chi connectivity index (χ1v) is 7.39. The van der Waals surface area contributed by atoms with Gasteiger partial charge in [0.25, 0.3) is 0 Å². The van der Waals surface area contributed by atoms with Gasteiger partial charge < -0.3 is 9.84 Å². The highest BCUT2D eigenvalue weighted by atomic mass is 16.5. The lowest BCUT2D eigenvalue weighted by atomic mass is 9.60. The molecule has 0 radical (unpaired) electrons. The van der Waals surface area contributed by atoms with Gasteiger partial charge in [0.15, 0.2) is 0 Å². The second-order valence-electron chi connectivity index (χ2n) is 5.62. The smallest absolute Gasteiger partial charge is 0.129 e. The summed E-state index contributed by atoms with van der Waals surface area (Å²) in [4.78, 5) is 4.36. The molecule has 20 heavy (non-hydrogen) atoms. The van der Waals surface area contributed by atoms with Crippen molar-refractivity contribution in [2.75, 3.05) is 0 Å². The van der Waals surface area contributed by atoms with Crippen LogP contribution in [0.25, 0.3) is 10.9 Å². The van der Waals surface area contributed by atoms with Gasteiger partial charge in [0.1, 0.15) is 11.9 Å². The van der Waals surface area contributed by atoms with E-state index in [-0.39, 0.29) is 17.6 Å². The van der Waals surface area contributed by atoms with Crippen molar-refractivity contribution in [3.63, 3.8) is 0 Å². The molecule has 1 aromatic carbocycles. The lowest BCUT2D eigenvalue weighted by Gasteiger charge is -2.52. The van der Waals surface area contributed by atoms with Gasteiger partial charge in [-0.05, 0) is 37.1 Å². The van der Waals surface area contributed by atoms with Gasteiger partial charge in [-0.1, -0.05) is 19.9 Å². The maximum Gasteiger partial charge on any atom is 0.129 e. The van der Waals surface area contributed by atoms with Gasteiger partial charge in [0, 0.05) is 23.4 Å². The number of rotatable bonds is 4. The van der Waals surface area contributed by atoms with Crippen molar-refractivity contribution in [3.05, 3.63) is 36.5 Å². The number of aromatic nitrogens is 1. The fourth-order valence-corrected chi connectivity index (χ4v) is 3.40. The molecule has 1 heterocycles. The van der Waals surface area contributed by atoms with Crippen LogP contribution < -0.4 is 4.74 Å². The maximum absolute atomic E-state index is 10.1. The second-order valence-corrected chi connectivity index (χ2v) is 5.62. The van der Waals surface area contributed by atoms with Crippen LogP contribution >= 0.6 is 0 Å². The first-order chi connectivity index (χ1) is 9.71. The summed E-state index contributed by atoms with van der Waals surface area (Å²) in [7, 11) is 0. The molecule has 1 N–H and O–H groups in total. The molecule has 106 valence electrons. The molecule has 3 nitrogen and oxygen atoms in total. The Kier molecular flexibility index (Phi) is 3.38. The fraction of sp³-hybridized carbons (Fsp3) is 0.471. The SMILES string of the molecule is CCC1(CC)C(O)CC1Oc1cccc2ncccc12. The number of aliphatic hydroxyl groups is 1. The normalized spacial score (nSPS) is 24.4. The largest absolute Gasteiger partial charge is 0.489 e. The first-order valence-electron chi connectivity index (χ1n) is 7.39. The molecule has 0 bridgehead atoms. The number of hydrogen-bond acceptors (Lipinski definition) is 3. The van der Waals surface area contributed by atoms with Crippen LogP contribution in [-0.2, 0) is 0 Å². The lowest BCUT2D eigenvalue weighted by Crippen LogP contribution is -2.59. The van der Waals surface area contributed by atoms with Gasteiger partial charge in [0.2, 0.25) is 0 Å². The van der Waals surface area contributed by atoms with Crippen molar-refractivity contribution >= 4 is 10.9 Å². The molecular weight excluding hydrogens is 250 g/mol. The Labute approximate surface area is 119 Å². The predicted octanol–water partition coefficient (Wildman–Crippen LogP) is 3.55. The van der Waals surface area contributed by atoms with E-state index in [1.54, 1.807) is 6.20 Å². The molecule has 1 saturated carbocycles. The van der Waals surface area contributed by atoms with Crippen molar-refractivity contribution in [3.8, 4) is 5.75 Å². The van der Waals surface area contributed by atoms with E-state index in [2.05, 4.69) is 18.8 Å². The topological polar surface area (TPSA) is 42.4 Å². The quantitative estimate of drug-likeness (QED) is 0.924. The third-order valence-corrected chi connectivity index (χ3v) is 4.93. The van der Waals surface area contributed by atoms with Crippen molar-refractivity contribution in [2.24, 2.45) is 5.41 Å². The summed E-state index contributed by atoms with van der Waals surface area (Å²) in [6.45, 7) is 4.26. The molecule has 0 spiro atoms. The van der Waals surface area contributed by atoms with Crippen LogP contribution in [0.5, 0.6) is 5.75 Å². The third kappa shape index (κ3) is 1.88.